The summed E-state index contributed by atoms with van der Waals surface area (Å²) in [6.07, 6.45) is 2.51. The van der Waals surface area contributed by atoms with Crippen molar-refractivity contribution in [1.29, 1.82) is 0 Å². The molecule has 1 atom stereocenters. The van der Waals surface area contributed by atoms with Crippen molar-refractivity contribution in [3.8, 4) is 0 Å². The number of amides is 2. The van der Waals surface area contributed by atoms with E-state index in [0.29, 0.717) is 18.5 Å². The third kappa shape index (κ3) is 2.70. The molecule has 5 nitrogen and oxygen atoms in total. The number of anilines is 1. The minimum atomic E-state index is -0.480. The van der Waals surface area contributed by atoms with E-state index in [-0.39, 0.29) is 5.91 Å². The van der Waals surface area contributed by atoms with Crippen LogP contribution in [0.15, 0.2) is 24.3 Å². The molecule has 1 aliphatic rings. The van der Waals surface area contributed by atoms with E-state index >= 15 is 0 Å². The van der Waals surface area contributed by atoms with Crippen LogP contribution < -0.4 is 11.1 Å². The summed E-state index contributed by atoms with van der Waals surface area (Å²) >= 11 is 0. The van der Waals surface area contributed by atoms with Gasteiger partial charge < -0.3 is 16.0 Å². The smallest absolute Gasteiger partial charge is 0.256 e. The lowest BCUT2D eigenvalue weighted by atomic mass is 10.00. The molecule has 0 saturated carbocycles. The highest BCUT2D eigenvalue weighted by atomic mass is 16.2. The molecule has 1 unspecified atom stereocenters. The fourth-order valence-corrected chi connectivity index (χ4v) is 2.51. The zero-order valence-electron chi connectivity index (χ0n) is 11.1. The first-order valence-corrected chi connectivity index (χ1v) is 6.52. The van der Waals surface area contributed by atoms with Crippen molar-refractivity contribution in [3.05, 3.63) is 29.8 Å². The minimum Gasteiger partial charge on any atom is -0.387 e. The number of rotatable bonds is 3. The van der Waals surface area contributed by atoms with Crippen molar-refractivity contribution >= 4 is 17.5 Å². The number of para-hydroxylation sites is 1. The van der Waals surface area contributed by atoms with Gasteiger partial charge >= 0.3 is 0 Å². The Hall–Kier alpha value is -2.04. The van der Waals surface area contributed by atoms with Gasteiger partial charge in [0.05, 0.1) is 5.56 Å². The van der Waals surface area contributed by atoms with Crippen molar-refractivity contribution < 1.29 is 9.59 Å². The monoisotopic (exact) mass is 261 g/mol. The lowest BCUT2D eigenvalue weighted by molar-refractivity contribution is -0.123. The molecule has 1 aromatic carbocycles. The van der Waals surface area contributed by atoms with E-state index in [1.165, 1.54) is 0 Å². The number of carbonyl (C=O) groups excluding carboxylic acids is 2. The van der Waals surface area contributed by atoms with Gasteiger partial charge in [0, 0.05) is 19.3 Å². The molecule has 1 aliphatic heterocycles. The van der Waals surface area contributed by atoms with Crippen LogP contribution in [-0.4, -0.2) is 36.3 Å². The number of likely N-dealkylation sites (tertiary alicyclic amines) is 1. The summed E-state index contributed by atoms with van der Waals surface area (Å²) in [6.45, 7) is 0.588. The summed E-state index contributed by atoms with van der Waals surface area (Å²) in [5.74, 6) is -0.552. The van der Waals surface area contributed by atoms with E-state index in [9.17, 15) is 9.59 Å². The maximum atomic E-state index is 12.6. The Morgan fingerprint density at radius 2 is 2.05 bits per heavy atom. The Morgan fingerprint density at radius 1 is 1.32 bits per heavy atom. The van der Waals surface area contributed by atoms with Crippen LogP contribution >= 0.6 is 0 Å². The van der Waals surface area contributed by atoms with Crippen molar-refractivity contribution in [2.75, 3.05) is 18.9 Å². The van der Waals surface area contributed by atoms with Crippen LogP contribution in [0, 0.1) is 0 Å². The molecule has 2 rings (SSSR count). The number of nitrogens with two attached hydrogens (primary N) is 1. The molecule has 1 saturated heterocycles. The van der Waals surface area contributed by atoms with Crippen LogP contribution in [-0.2, 0) is 4.79 Å². The molecule has 1 aromatic rings. The van der Waals surface area contributed by atoms with E-state index in [1.54, 1.807) is 18.0 Å². The Morgan fingerprint density at radius 3 is 2.74 bits per heavy atom. The molecule has 0 bridgehead atoms. The maximum Gasteiger partial charge on any atom is 0.256 e. The summed E-state index contributed by atoms with van der Waals surface area (Å²) in [5.41, 5.74) is 6.74. The van der Waals surface area contributed by atoms with Crippen molar-refractivity contribution in [2.24, 2.45) is 5.73 Å². The Balaban J connectivity index is 2.29. The third-order valence-corrected chi connectivity index (χ3v) is 3.52. The summed E-state index contributed by atoms with van der Waals surface area (Å²) < 4.78 is 0. The van der Waals surface area contributed by atoms with Gasteiger partial charge in [-0.2, -0.15) is 0 Å². The first kappa shape index (κ1) is 13.4. The quantitative estimate of drug-likeness (QED) is 0.858. The zero-order valence-corrected chi connectivity index (χ0v) is 11.1. The topological polar surface area (TPSA) is 75.4 Å². The molecule has 19 heavy (non-hydrogen) atoms. The number of nitrogens with one attached hydrogen (secondary N) is 1. The van der Waals surface area contributed by atoms with Gasteiger partial charge in [0.15, 0.2) is 0 Å². The molecule has 102 valence electrons. The largest absolute Gasteiger partial charge is 0.387 e. The second kappa shape index (κ2) is 5.73. The first-order valence-electron chi connectivity index (χ1n) is 6.52. The molecule has 1 heterocycles. The predicted molar refractivity (Wildman–Crippen MR) is 73.9 cm³/mol. The van der Waals surface area contributed by atoms with Gasteiger partial charge in [-0.3, -0.25) is 9.59 Å². The van der Waals surface area contributed by atoms with Gasteiger partial charge in [-0.15, -0.1) is 0 Å². The maximum absolute atomic E-state index is 12.6. The number of benzene rings is 1. The molecule has 5 heteroatoms. The normalized spacial score (nSPS) is 19.0. The number of hydrogen-bond donors (Lipinski definition) is 2. The summed E-state index contributed by atoms with van der Waals surface area (Å²) in [6, 6.07) is 6.81. The minimum absolute atomic E-state index is 0.131. The fraction of sp³-hybridized carbons (Fsp3) is 0.429. The SMILES string of the molecule is CNc1ccccc1C(=O)N1CCCCC1C(N)=O. The van der Waals surface area contributed by atoms with E-state index in [2.05, 4.69) is 5.32 Å². The van der Waals surface area contributed by atoms with Crippen molar-refractivity contribution in [1.82, 2.24) is 4.90 Å². The average molecular weight is 261 g/mol. The van der Waals surface area contributed by atoms with Crippen molar-refractivity contribution in [2.45, 2.75) is 25.3 Å². The fourth-order valence-electron chi connectivity index (χ4n) is 2.51. The molecular formula is C14H19N3O2. The summed E-state index contributed by atoms with van der Waals surface area (Å²) in [5, 5.41) is 3.00. The van der Waals surface area contributed by atoms with Gasteiger partial charge in [0.1, 0.15) is 6.04 Å². The number of piperidine rings is 1. The zero-order chi connectivity index (χ0) is 13.8. The highest BCUT2D eigenvalue weighted by Crippen LogP contribution is 2.23. The Kier molecular flexibility index (Phi) is 4.04. The number of nitrogens with zero attached hydrogens (tertiary/aromatic N) is 1. The standard InChI is InChI=1S/C14H19N3O2/c1-16-11-7-3-2-6-10(11)14(19)17-9-5-4-8-12(17)13(15)18/h2-3,6-7,12,16H,4-5,8-9H2,1H3,(H2,15,18). The van der Waals surface area contributed by atoms with Crippen LogP contribution in [0.4, 0.5) is 5.69 Å². The molecule has 2 amide bonds. The van der Waals surface area contributed by atoms with Gasteiger partial charge in [-0.05, 0) is 31.4 Å². The number of carbonyl (C=O) groups is 2. The highest BCUT2D eigenvalue weighted by Gasteiger charge is 2.31. The molecular weight excluding hydrogens is 242 g/mol. The van der Waals surface area contributed by atoms with Crippen molar-refractivity contribution in [3.63, 3.8) is 0 Å². The van der Waals surface area contributed by atoms with Crippen LogP contribution in [0.1, 0.15) is 29.6 Å². The number of hydrogen-bond acceptors (Lipinski definition) is 3. The van der Waals surface area contributed by atoms with E-state index in [4.69, 9.17) is 5.73 Å². The second-order valence-corrected chi connectivity index (χ2v) is 4.71. The van der Waals surface area contributed by atoms with Gasteiger partial charge in [-0.1, -0.05) is 12.1 Å². The molecule has 0 aliphatic carbocycles. The Bertz CT molecular complexity index is 487. The lowest BCUT2D eigenvalue weighted by Crippen LogP contribution is -2.50. The van der Waals surface area contributed by atoms with Gasteiger partial charge in [0.2, 0.25) is 5.91 Å². The number of primary amides is 1. The predicted octanol–water partition coefficient (Wildman–Crippen LogP) is 1.21. The van der Waals surface area contributed by atoms with Gasteiger partial charge in [0.25, 0.3) is 5.91 Å². The van der Waals surface area contributed by atoms with E-state index in [0.717, 1.165) is 18.5 Å². The molecule has 0 spiro atoms. The third-order valence-electron chi connectivity index (χ3n) is 3.52. The summed E-state index contributed by atoms with van der Waals surface area (Å²) in [4.78, 5) is 25.6. The first-order chi connectivity index (χ1) is 9.15. The van der Waals surface area contributed by atoms with E-state index < -0.39 is 11.9 Å². The molecule has 0 radical (unpaired) electrons. The Labute approximate surface area is 112 Å². The van der Waals surface area contributed by atoms with Crippen LogP contribution in [0.5, 0.6) is 0 Å². The molecule has 3 N–H and O–H groups in total. The molecule has 1 fully saturated rings. The molecule has 0 aromatic heterocycles. The highest BCUT2D eigenvalue weighted by molar-refractivity contribution is 6.01. The van der Waals surface area contributed by atoms with Crippen LogP contribution in [0.2, 0.25) is 0 Å². The van der Waals surface area contributed by atoms with Gasteiger partial charge in [-0.25, -0.2) is 0 Å². The average Bonchev–Trinajstić information content (AvgIpc) is 2.46. The second-order valence-electron chi connectivity index (χ2n) is 4.71. The van der Waals surface area contributed by atoms with Crippen LogP contribution in [0.25, 0.3) is 0 Å². The summed E-state index contributed by atoms with van der Waals surface area (Å²) in [7, 11) is 1.77. The van der Waals surface area contributed by atoms with E-state index in [1.807, 2.05) is 18.2 Å². The lowest BCUT2D eigenvalue weighted by Gasteiger charge is -2.34. The van der Waals surface area contributed by atoms with Crippen LogP contribution in [0.3, 0.4) is 0 Å².